The van der Waals surface area contributed by atoms with E-state index < -0.39 is 0 Å². The van der Waals surface area contributed by atoms with Crippen LogP contribution >= 0.6 is 0 Å². The average Bonchev–Trinajstić information content (AvgIpc) is 2.38. The van der Waals surface area contributed by atoms with Crippen LogP contribution in [0.1, 0.15) is 60.8 Å². The normalized spacial score (nSPS) is 33.2. The molecule has 0 bridgehead atoms. The van der Waals surface area contributed by atoms with Gasteiger partial charge in [-0.05, 0) is 41.6 Å². The zero-order chi connectivity index (χ0) is 13.7. The minimum Gasteiger partial charge on any atom is -0.458 e. The van der Waals surface area contributed by atoms with Gasteiger partial charge in [0.15, 0.2) is 0 Å². The van der Waals surface area contributed by atoms with Crippen molar-refractivity contribution in [2.45, 2.75) is 66.9 Å². The van der Waals surface area contributed by atoms with Gasteiger partial charge >= 0.3 is 5.97 Å². The summed E-state index contributed by atoms with van der Waals surface area (Å²) in [5, 5.41) is 0. The van der Waals surface area contributed by atoms with Crippen molar-refractivity contribution in [2.24, 2.45) is 16.7 Å². The molecule has 102 valence electrons. The predicted octanol–water partition coefficient (Wildman–Crippen LogP) is 4.10. The molecule has 0 radical (unpaired) electrons. The van der Waals surface area contributed by atoms with Crippen LogP contribution in [0.4, 0.5) is 0 Å². The number of hydrogen-bond donors (Lipinski definition) is 0. The van der Waals surface area contributed by atoms with Gasteiger partial charge in [0, 0.05) is 6.92 Å². The summed E-state index contributed by atoms with van der Waals surface area (Å²) in [5.41, 5.74) is 3.34. The fraction of sp³-hybridized carbons (Fsp3) is 0.812. The Kier molecular flexibility index (Phi) is 3.11. The molecule has 2 atom stereocenters. The van der Waals surface area contributed by atoms with Crippen LogP contribution in [0.25, 0.3) is 0 Å². The third-order valence-corrected chi connectivity index (χ3v) is 5.49. The van der Waals surface area contributed by atoms with Gasteiger partial charge < -0.3 is 4.74 Å². The first-order valence-electron chi connectivity index (χ1n) is 7.10. The second-order valence-corrected chi connectivity index (χ2v) is 7.05. The molecule has 2 heteroatoms. The van der Waals surface area contributed by atoms with Gasteiger partial charge in [-0.3, -0.25) is 4.79 Å². The van der Waals surface area contributed by atoms with Crippen molar-refractivity contribution in [3.05, 3.63) is 11.1 Å². The first-order valence-corrected chi connectivity index (χ1v) is 7.10. The van der Waals surface area contributed by atoms with Crippen molar-refractivity contribution in [1.29, 1.82) is 0 Å². The Bertz CT molecular complexity index is 401. The van der Waals surface area contributed by atoms with Crippen molar-refractivity contribution in [3.8, 4) is 0 Å². The molecule has 0 amide bonds. The molecule has 2 unspecified atom stereocenters. The highest BCUT2D eigenvalue weighted by molar-refractivity contribution is 5.66. The lowest BCUT2D eigenvalue weighted by molar-refractivity contribution is -0.145. The van der Waals surface area contributed by atoms with Crippen LogP contribution in [-0.4, -0.2) is 12.1 Å². The Balaban J connectivity index is 2.46. The van der Waals surface area contributed by atoms with Gasteiger partial charge in [-0.2, -0.15) is 0 Å². The lowest BCUT2D eigenvalue weighted by Gasteiger charge is -2.36. The van der Waals surface area contributed by atoms with Gasteiger partial charge in [0.05, 0.1) is 0 Å². The minimum atomic E-state index is -0.151. The fourth-order valence-electron chi connectivity index (χ4n) is 4.13. The highest BCUT2D eigenvalue weighted by atomic mass is 16.5. The molecule has 18 heavy (non-hydrogen) atoms. The summed E-state index contributed by atoms with van der Waals surface area (Å²) in [4.78, 5) is 11.3. The maximum atomic E-state index is 11.3. The maximum absolute atomic E-state index is 11.3. The number of carbonyl (C=O) groups is 1. The third kappa shape index (κ3) is 1.81. The molecular weight excluding hydrogens is 224 g/mol. The molecule has 2 aliphatic rings. The molecule has 0 aromatic heterocycles. The number of hydrogen-bond acceptors (Lipinski definition) is 2. The van der Waals surface area contributed by atoms with Crippen molar-refractivity contribution in [3.63, 3.8) is 0 Å². The molecular formula is C16H26O2. The smallest absolute Gasteiger partial charge is 0.303 e. The minimum absolute atomic E-state index is 0.0190. The lowest BCUT2D eigenvalue weighted by Crippen LogP contribution is -2.32. The third-order valence-electron chi connectivity index (χ3n) is 5.49. The summed E-state index contributed by atoms with van der Waals surface area (Å²) < 4.78 is 5.59. The lowest BCUT2D eigenvalue weighted by atomic mass is 9.69. The Morgan fingerprint density at radius 3 is 2.39 bits per heavy atom. The first-order chi connectivity index (χ1) is 8.19. The summed E-state index contributed by atoms with van der Waals surface area (Å²) in [5.74, 6) is 0.438. The zero-order valence-electron chi connectivity index (χ0n) is 12.6. The van der Waals surface area contributed by atoms with Gasteiger partial charge in [-0.1, -0.05) is 40.2 Å². The number of allylic oxidation sites excluding steroid dienone is 1. The first kappa shape index (κ1) is 13.6. The molecule has 0 aromatic rings. The van der Waals surface area contributed by atoms with Crippen LogP contribution < -0.4 is 0 Å². The Labute approximate surface area is 111 Å². The largest absolute Gasteiger partial charge is 0.458 e. The van der Waals surface area contributed by atoms with Gasteiger partial charge in [0.25, 0.3) is 0 Å². The molecule has 0 saturated heterocycles. The van der Waals surface area contributed by atoms with Gasteiger partial charge in [-0.25, -0.2) is 0 Å². The number of carbonyl (C=O) groups excluding carboxylic acids is 1. The topological polar surface area (TPSA) is 26.3 Å². The van der Waals surface area contributed by atoms with E-state index in [-0.39, 0.29) is 22.9 Å². The second-order valence-electron chi connectivity index (χ2n) is 7.05. The Hall–Kier alpha value is -0.790. The van der Waals surface area contributed by atoms with Crippen LogP contribution in [0, 0.1) is 16.7 Å². The van der Waals surface area contributed by atoms with Crippen molar-refractivity contribution >= 4 is 5.97 Å². The highest BCUT2D eigenvalue weighted by Gasteiger charge is 2.53. The Morgan fingerprint density at radius 2 is 1.83 bits per heavy atom. The maximum Gasteiger partial charge on any atom is 0.303 e. The average molecular weight is 250 g/mol. The van der Waals surface area contributed by atoms with Crippen LogP contribution in [0.5, 0.6) is 0 Å². The van der Waals surface area contributed by atoms with E-state index in [4.69, 9.17) is 4.74 Å². The summed E-state index contributed by atoms with van der Waals surface area (Å²) >= 11 is 0. The van der Waals surface area contributed by atoms with E-state index in [2.05, 4.69) is 34.6 Å². The summed E-state index contributed by atoms with van der Waals surface area (Å²) in [6, 6.07) is 0. The molecule has 0 aromatic carbocycles. The van der Waals surface area contributed by atoms with E-state index >= 15 is 0 Å². The molecule has 0 spiro atoms. The van der Waals surface area contributed by atoms with Crippen LogP contribution in [-0.2, 0) is 9.53 Å². The highest BCUT2D eigenvalue weighted by Crippen LogP contribution is 2.61. The molecule has 2 nitrogen and oxygen atoms in total. The van der Waals surface area contributed by atoms with Crippen molar-refractivity contribution in [1.82, 2.24) is 0 Å². The van der Waals surface area contributed by atoms with E-state index in [1.807, 2.05) is 0 Å². The summed E-state index contributed by atoms with van der Waals surface area (Å²) in [7, 11) is 0. The quantitative estimate of drug-likeness (QED) is 0.517. The predicted molar refractivity (Wildman–Crippen MR) is 73.2 cm³/mol. The van der Waals surface area contributed by atoms with E-state index in [1.54, 1.807) is 5.57 Å². The Morgan fingerprint density at radius 1 is 1.22 bits per heavy atom. The van der Waals surface area contributed by atoms with Crippen LogP contribution in [0.2, 0.25) is 0 Å². The second kappa shape index (κ2) is 4.11. The molecule has 0 N–H and O–H groups in total. The molecule has 2 rings (SSSR count). The fourth-order valence-corrected chi connectivity index (χ4v) is 4.13. The summed E-state index contributed by atoms with van der Waals surface area (Å²) in [6.07, 6.45) is 3.33. The van der Waals surface area contributed by atoms with Crippen molar-refractivity contribution in [2.75, 3.05) is 0 Å². The van der Waals surface area contributed by atoms with E-state index in [0.717, 1.165) is 12.8 Å². The molecule has 0 saturated carbocycles. The van der Waals surface area contributed by atoms with Gasteiger partial charge in [0.1, 0.15) is 6.10 Å². The van der Waals surface area contributed by atoms with E-state index in [1.165, 1.54) is 18.9 Å². The van der Waals surface area contributed by atoms with Crippen molar-refractivity contribution < 1.29 is 9.53 Å². The standard InChI is InChI=1S/C16H26O2/c1-10-15(3,4)12-8-7-9-13(18-11(2)17)14(12)16(10,5)6/h10,13H,7-9H2,1-6H3. The molecule has 0 fully saturated rings. The van der Waals surface area contributed by atoms with Gasteiger partial charge in [0.2, 0.25) is 0 Å². The number of rotatable bonds is 1. The van der Waals surface area contributed by atoms with Crippen LogP contribution in [0.3, 0.4) is 0 Å². The number of esters is 1. The zero-order valence-corrected chi connectivity index (χ0v) is 12.6. The van der Waals surface area contributed by atoms with Gasteiger partial charge in [-0.15, -0.1) is 0 Å². The van der Waals surface area contributed by atoms with Crippen LogP contribution in [0.15, 0.2) is 11.1 Å². The summed E-state index contributed by atoms with van der Waals surface area (Å²) in [6.45, 7) is 13.2. The number of ether oxygens (including phenoxy) is 1. The SMILES string of the molecule is CC(=O)OC1CCCC2=C1C(C)(C)C(C)C2(C)C. The van der Waals surface area contributed by atoms with E-state index in [9.17, 15) is 4.79 Å². The molecule has 2 aliphatic carbocycles. The van der Waals surface area contributed by atoms with E-state index in [0.29, 0.717) is 5.92 Å². The monoisotopic (exact) mass is 250 g/mol. The molecule has 0 heterocycles. The molecule has 0 aliphatic heterocycles.